The van der Waals surface area contributed by atoms with Gasteiger partial charge in [0, 0.05) is 18.9 Å². The summed E-state index contributed by atoms with van der Waals surface area (Å²) in [4.78, 5) is 19.2. The molecule has 130 valence electrons. The zero-order valence-electron chi connectivity index (χ0n) is 14.2. The Morgan fingerprint density at radius 2 is 1.92 bits per heavy atom. The van der Waals surface area contributed by atoms with Crippen LogP contribution >= 0.6 is 0 Å². The van der Waals surface area contributed by atoms with Crippen LogP contribution in [0.2, 0.25) is 0 Å². The Kier molecular flexibility index (Phi) is 4.55. The lowest BCUT2D eigenvalue weighted by Crippen LogP contribution is -2.35. The molecule has 2 aromatic rings. The lowest BCUT2D eigenvalue weighted by Gasteiger charge is -2.30. The third kappa shape index (κ3) is 3.45. The molecule has 1 amide bonds. The monoisotopic (exact) mass is 338 g/mol. The highest BCUT2D eigenvalue weighted by Gasteiger charge is 2.27. The summed E-state index contributed by atoms with van der Waals surface area (Å²) < 4.78 is 10.8. The van der Waals surface area contributed by atoms with Gasteiger partial charge in [0.15, 0.2) is 11.5 Å². The molecule has 3 heterocycles. The predicted molar refractivity (Wildman–Crippen MR) is 93.4 cm³/mol. The van der Waals surface area contributed by atoms with Crippen LogP contribution in [0.4, 0.5) is 0 Å². The molecular formula is C20H22N2O3. The van der Waals surface area contributed by atoms with Crippen molar-refractivity contribution in [3.63, 3.8) is 0 Å². The van der Waals surface area contributed by atoms with E-state index >= 15 is 0 Å². The predicted octanol–water partition coefficient (Wildman–Crippen LogP) is 3.50. The number of carbonyl (C=O) groups is 1. The van der Waals surface area contributed by atoms with E-state index in [-0.39, 0.29) is 18.7 Å². The van der Waals surface area contributed by atoms with Gasteiger partial charge in [-0.15, -0.1) is 0 Å². The van der Waals surface area contributed by atoms with E-state index < -0.39 is 0 Å². The van der Waals surface area contributed by atoms with Gasteiger partial charge in [-0.05, 0) is 48.2 Å². The molecule has 0 aliphatic carbocycles. The first kappa shape index (κ1) is 15.9. The standard InChI is InChI=1S/C20H22N2O3/c23-20(13-15-5-6-18-19(12-15)25-14-24-18)22-11-3-1-2-4-17(22)16-7-9-21-10-8-16/h5-10,12,17H,1-4,11,13-14H2. The molecule has 0 radical (unpaired) electrons. The molecular weight excluding hydrogens is 316 g/mol. The fourth-order valence-electron chi connectivity index (χ4n) is 3.67. The number of hydrogen-bond acceptors (Lipinski definition) is 4. The van der Waals surface area contributed by atoms with Crippen molar-refractivity contribution >= 4 is 5.91 Å². The summed E-state index contributed by atoms with van der Waals surface area (Å²) in [6.07, 6.45) is 8.40. The third-order valence-corrected chi connectivity index (χ3v) is 4.96. The van der Waals surface area contributed by atoms with Crippen molar-refractivity contribution in [2.75, 3.05) is 13.3 Å². The third-order valence-electron chi connectivity index (χ3n) is 4.96. The quantitative estimate of drug-likeness (QED) is 0.859. The number of benzene rings is 1. The fraction of sp³-hybridized carbons (Fsp3) is 0.400. The summed E-state index contributed by atoms with van der Waals surface area (Å²) in [5.41, 5.74) is 2.14. The van der Waals surface area contributed by atoms with Crippen LogP contribution in [0.5, 0.6) is 11.5 Å². The van der Waals surface area contributed by atoms with E-state index in [4.69, 9.17) is 9.47 Å². The van der Waals surface area contributed by atoms with Crippen LogP contribution in [0.1, 0.15) is 42.9 Å². The molecule has 1 fully saturated rings. The van der Waals surface area contributed by atoms with Crippen molar-refractivity contribution in [2.45, 2.75) is 38.1 Å². The average Bonchev–Trinajstić information content (AvgIpc) is 2.96. The Hall–Kier alpha value is -2.56. The first-order chi connectivity index (χ1) is 12.3. The maximum absolute atomic E-state index is 13.0. The van der Waals surface area contributed by atoms with Crippen molar-refractivity contribution in [1.29, 1.82) is 0 Å². The second-order valence-corrected chi connectivity index (χ2v) is 6.60. The molecule has 0 spiro atoms. The first-order valence-corrected chi connectivity index (χ1v) is 8.89. The summed E-state index contributed by atoms with van der Waals surface area (Å²) in [6.45, 7) is 1.07. The summed E-state index contributed by atoms with van der Waals surface area (Å²) in [6, 6.07) is 9.94. The molecule has 1 aromatic carbocycles. The maximum atomic E-state index is 13.0. The van der Waals surface area contributed by atoms with E-state index in [0.717, 1.165) is 42.9 Å². The van der Waals surface area contributed by atoms with E-state index in [9.17, 15) is 4.79 Å². The summed E-state index contributed by atoms with van der Waals surface area (Å²) in [5, 5.41) is 0. The van der Waals surface area contributed by atoms with Gasteiger partial charge in [0.05, 0.1) is 12.5 Å². The second-order valence-electron chi connectivity index (χ2n) is 6.60. The van der Waals surface area contributed by atoms with Crippen molar-refractivity contribution in [2.24, 2.45) is 0 Å². The molecule has 1 atom stereocenters. The Morgan fingerprint density at radius 1 is 1.08 bits per heavy atom. The van der Waals surface area contributed by atoms with E-state index in [1.165, 1.54) is 12.0 Å². The van der Waals surface area contributed by atoms with Crippen molar-refractivity contribution in [1.82, 2.24) is 9.88 Å². The molecule has 2 aliphatic heterocycles. The van der Waals surface area contributed by atoms with Gasteiger partial charge in [-0.25, -0.2) is 0 Å². The zero-order valence-corrected chi connectivity index (χ0v) is 14.2. The molecule has 1 saturated heterocycles. The fourth-order valence-corrected chi connectivity index (χ4v) is 3.67. The van der Waals surface area contributed by atoms with Crippen LogP contribution in [0.15, 0.2) is 42.7 Å². The highest BCUT2D eigenvalue weighted by molar-refractivity contribution is 5.79. The second kappa shape index (κ2) is 7.13. The Bertz CT molecular complexity index is 748. The minimum absolute atomic E-state index is 0.145. The van der Waals surface area contributed by atoms with Gasteiger partial charge in [0.2, 0.25) is 12.7 Å². The number of ether oxygens (including phenoxy) is 2. The van der Waals surface area contributed by atoms with Gasteiger partial charge in [0.25, 0.3) is 0 Å². The Balaban J connectivity index is 1.54. The molecule has 5 heteroatoms. The molecule has 25 heavy (non-hydrogen) atoms. The minimum atomic E-state index is 0.145. The summed E-state index contributed by atoms with van der Waals surface area (Å²) in [5.74, 6) is 1.65. The molecule has 0 N–H and O–H groups in total. The normalized spacial score (nSPS) is 19.5. The van der Waals surface area contributed by atoms with E-state index in [0.29, 0.717) is 6.42 Å². The zero-order chi connectivity index (χ0) is 17.1. The summed E-state index contributed by atoms with van der Waals surface area (Å²) in [7, 11) is 0. The highest BCUT2D eigenvalue weighted by Crippen LogP contribution is 2.34. The molecule has 0 saturated carbocycles. The van der Waals surface area contributed by atoms with Gasteiger partial charge in [-0.3, -0.25) is 9.78 Å². The molecule has 4 rings (SSSR count). The maximum Gasteiger partial charge on any atom is 0.231 e. The largest absolute Gasteiger partial charge is 0.454 e. The van der Waals surface area contributed by atoms with Crippen LogP contribution < -0.4 is 9.47 Å². The van der Waals surface area contributed by atoms with E-state index in [1.807, 2.05) is 35.2 Å². The highest BCUT2D eigenvalue weighted by atomic mass is 16.7. The van der Waals surface area contributed by atoms with E-state index in [1.54, 1.807) is 12.4 Å². The molecule has 1 aromatic heterocycles. The first-order valence-electron chi connectivity index (χ1n) is 8.89. The lowest BCUT2D eigenvalue weighted by molar-refractivity contribution is -0.132. The summed E-state index contributed by atoms with van der Waals surface area (Å²) >= 11 is 0. The number of nitrogens with zero attached hydrogens (tertiary/aromatic N) is 2. The SMILES string of the molecule is O=C(Cc1ccc2c(c1)OCO2)N1CCCCCC1c1ccncc1. The van der Waals surface area contributed by atoms with Gasteiger partial charge < -0.3 is 14.4 Å². The van der Waals surface area contributed by atoms with Crippen LogP contribution in [0, 0.1) is 0 Å². The lowest BCUT2D eigenvalue weighted by atomic mass is 10.0. The van der Waals surface area contributed by atoms with Gasteiger partial charge in [0.1, 0.15) is 0 Å². The van der Waals surface area contributed by atoms with Gasteiger partial charge in [-0.1, -0.05) is 18.9 Å². The number of aromatic nitrogens is 1. The van der Waals surface area contributed by atoms with Crippen LogP contribution in [-0.4, -0.2) is 29.1 Å². The topological polar surface area (TPSA) is 51.7 Å². The Morgan fingerprint density at radius 3 is 2.80 bits per heavy atom. The van der Waals surface area contributed by atoms with E-state index in [2.05, 4.69) is 4.98 Å². The Labute approximate surface area is 147 Å². The minimum Gasteiger partial charge on any atom is -0.454 e. The molecule has 2 aliphatic rings. The number of fused-ring (bicyclic) bond motifs is 1. The molecule has 5 nitrogen and oxygen atoms in total. The number of pyridine rings is 1. The number of carbonyl (C=O) groups excluding carboxylic acids is 1. The number of hydrogen-bond donors (Lipinski definition) is 0. The number of amides is 1. The van der Waals surface area contributed by atoms with Crippen LogP contribution in [0.3, 0.4) is 0 Å². The van der Waals surface area contributed by atoms with Crippen molar-refractivity contribution in [3.05, 3.63) is 53.9 Å². The number of likely N-dealkylation sites (tertiary alicyclic amines) is 1. The molecule has 0 bridgehead atoms. The van der Waals surface area contributed by atoms with Crippen molar-refractivity contribution < 1.29 is 14.3 Å². The van der Waals surface area contributed by atoms with Gasteiger partial charge >= 0.3 is 0 Å². The average molecular weight is 338 g/mol. The van der Waals surface area contributed by atoms with Crippen molar-refractivity contribution in [3.8, 4) is 11.5 Å². The van der Waals surface area contributed by atoms with Crippen LogP contribution in [0.25, 0.3) is 0 Å². The van der Waals surface area contributed by atoms with Gasteiger partial charge in [-0.2, -0.15) is 0 Å². The smallest absolute Gasteiger partial charge is 0.231 e. The number of rotatable bonds is 3. The van der Waals surface area contributed by atoms with Crippen LogP contribution in [-0.2, 0) is 11.2 Å². The molecule has 1 unspecified atom stereocenters.